The molecule has 226 valence electrons. The van der Waals surface area contributed by atoms with Gasteiger partial charge in [0.05, 0.1) is 14.2 Å². The number of ether oxygens (including phenoxy) is 2. The van der Waals surface area contributed by atoms with Gasteiger partial charge in [0.25, 0.3) is 11.2 Å². The van der Waals surface area contributed by atoms with Crippen molar-refractivity contribution in [1.29, 1.82) is 0 Å². The summed E-state index contributed by atoms with van der Waals surface area (Å²) in [5.74, 6) is -7.00. The van der Waals surface area contributed by atoms with E-state index in [4.69, 9.17) is 9.47 Å². The molecule has 3 atom stereocenters. The summed E-state index contributed by atoms with van der Waals surface area (Å²) in [6, 6.07) is 9.21. The molecule has 2 aromatic carbocycles. The average molecular weight is 594 g/mol. The van der Waals surface area contributed by atoms with Crippen molar-refractivity contribution >= 4 is 29.6 Å². The molecule has 1 saturated heterocycles. The maximum absolute atomic E-state index is 12.8. The van der Waals surface area contributed by atoms with E-state index in [0.717, 1.165) is 42.9 Å². The zero-order valence-electron chi connectivity index (χ0n) is 23.3. The summed E-state index contributed by atoms with van der Waals surface area (Å²) >= 11 is 0. The summed E-state index contributed by atoms with van der Waals surface area (Å²) < 4.78 is 9.81. The molecule has 0 amide bonds. The van der Waals surface area contributed by atoms with E-state index in [1.807, 2.05) is 12.4 Å². The molecule has 5 N–H and O–H groups in total. The molecule has 1 aliphatic rings. The van der Waals surface area contributed by atoms with Gasteiger partial charge in [0, 0.05) is 35.6 Å². The molecule has 43 heavy (non-hydrogen) atoms. The van der Waals surface area contributed by atoms with Crippen LogP contribution in [0, 0.1) is 5.92 Å². The molecule has 13 nitrogen and oxygen atoms in total. The molecule has 1 fully saturated rings. The lowest BCUT2D eigenvalue weighted by Crippen LogP contribution is -2.71. The number of Topliss-reactive ketones (excluding diaryl/α,β-unsaturated/α-hetero) is 2. The van der Waals surface area contributed by atoms with Gasteiger partial charge in [-0.05, 0) is 67.4 Å². The molecule has 1 aromatic heterocycles. The third-order valence-corrected chi connectivity index (χ3v) is 6.74. The van der Waals surface area contributed by atoms with Gasteiger partial charge in [-0.25, -0.2) is 19.6 Å². The fourth-order valence-corrected chi connectivity index (χ4v) is 4.22. The first-order valence-electron chi connectivity index (χ1n) is 12.9. The molecule has 1 aliphatic heterocycles. The van der Waals surface area contributed by atoms with Crippen LogP contribution < -0.4 is 14.8 Å². The highest BCUT2D eigenvalue weighted by Gasteiger charge is 2.69. The van der Waals surface area contributed by atoms with Crippen LogP contribution in [-0.4, -0.2) is 92.4 Å². The second-order valence-corrected chi connectivity index (χ2v) is 9.43. The number of aromatic nitrogens is 2. The predicted molar refractivity (Wildman–Crippen MR) is 152 cm³/mol. The van der Waals surface area contributed by atoms with E-state index in [0.29, 0.717) is 5.92 Å². The van der Waals surface area contributed by atoms with Crippen LogP contribution in [-0.2, 0) is 9.59 Å². The minimum Gasteiger partial charge on any atom is -0.497 e. The fraction of sp³-hybridized carbons (Fsp3) is 0.267. The Labute approximate surface area is 246 Å². The van der Waals surface area contributed by atoms with Crippen LogP contribution in [0.4, 0.5) is 0 Å². The molecule has 3 aromatic rings. The predicted octanol–water partition coefficient (Wildman–Crippen LogP) is 1.50. The lowest BCUT2D eigenvalue weighted by Gasteiger charge is -2.34. The Bertz CT molecular complexity index is 1370. The van der Waals surface area contributed by atoms with Crippen LogP contribution >= 0.6 is 0 Å². The molecule has 0 bridgehead atoms. The summed E-state index contributed by atoms with van der Waals surface area (Å²) in [6.45, 7) is 2.24. The SMILES string of the molecule is C(=C\[C@H]1CCNC1)/c1cncnc1.COc1ccc(C(=O)[C@@](O)(C(=O)O)[C@](O)(C(=O)O)C(=O)c2ccc(OC)cc2)cc1. The van der Waals surface area contributed by atoms with E-state index in [1.54, 1.807) is 6.33 Å². The molecule has 0 radical (unpaired) electrons. The minimum atomic E-state index is -4.04. The number of hydrogen-bond acceptors (Lipinski definition) is 11. The zero-order valence-corrected chi connectivity index (χ0v) is 23.3. The number of carboxylic acids is 2. The highest BCUT2D eigenvalue weighted by molar-refractivity contribution is 6.28. The molecule has 0 unspecified atom stereocenters. The van der Waals surface area contributed by atoms with E-state index in [-0.39, 0.29) is 11.5 Å². The van der Waals surface area contributed by atoms with Crippen LogP contribution in [0.15, 0.2) is 73.3 Å². The number of aliphatic carboxylic acids is 2. The summed E-state index contributed by atoms with van der Waals surface area (Å²) in [6.07, 6.45) is 10.8. The van der Waals surface area contributed by atoms with E-state index >= 15 is 0 Å². The third-order valence-electron chi connectivity index (χ3n) is 6.74. The smallest absolute Gasteiger partial charge is 0.348 e. The summed E-state index contributed by atoms with van der Waals surface area (Å²) in [4.78, 5) is 57.3. The van der Waals surface area contributed by atoms with Gasteiger partial charge in [-0.1, -0.05) is 12.2 Å². The molecule has 2 heterocycles. The zero-order chi connectivity index (χ0) is 31.6. The first-order valence-corrected chi connectivity index (χ1v) is 12.9. The van der Waals surface area contributed by atoms with Gasteiger partial charge in [0.1, 0.15) is 17.8 Å². The van der Waals surface area contributed by atoms with Crippen molar-refractivity contribution < 1.29 is 49.1 Å². The average Bonchev–Trinajstić information content (AvgIpc) is 3.57. The van der Waals surface area contributed by atoms with Gasteiger partial charge in [-0.3, -0.25) is 9.59 Å². The van der Waals surface area contributed by atoms with E-state index in [2.05, 4.69) is 27.4 Å². The van der Waals surface area contributed by atoms with Gasteiger partial charge >= 0.3 is 11.9 Å². The molecule has 0 aliphatic carbocycles. The van der Waals surface area contributed by atoms with Crippen LogP contribution in [0.3, 0.4) is 0 Å². The normalized spacial score (nSPS) is 17.1. The molecular weight excluding hydrogens is 562 g/mol. The van der Waals surface area contributed by atoms with E-state index < -0.39 is 45.8 Å². The largest absolute Gasteiger partial charge is 0.497 e. The number of aliphatic hydroxyl groups is 2. The summed E-state index contributed by atoms with van der Waals surface area (Å²) in [7, 11) is 2.67. The highest BCUT2D eigenvalue weighted by atomic mass is 16.5. The number of methoxy groups -OCH3 is 2. The highest BCUT2D eigenvalue weighted by Crippen LogP contribution is 2.32. The number of carboxylic acid groups (broad SMARTS) is 2. The minimum absolute atomic E-state index is 0.285. The van der Waals surface area contributed by atoms with Crippen LogP contribution in [0.25, 0.3) is 6.08 Å². The molecule has 4 rings (SSSR count). The van der Waals surface area contributed by atoms with Crippen molar-refractivity contribution in [3.63, 3.8) is 0 Å². The van der Waals surface area contributed by atoms with Gasteiger partial charge in [0.15, 0.2) is 0 Å². The van der Waals surface area contributed by atoms with Crippen LogP contribution in [0.1, 0.15) is 32.7 Å². The molecule has 0 saturated carbocycles. The number of nitrogens with one attached hydrogen (secondary N) is 1. The first kappa shape index (κ1) is 32.5. The Hall–Kier alpha value is -4.98. The first-order chi connectivity index (χ1) is 20.5. The Kier molecular flexibility index (Phi) is 10.8. The number of rotatable bonds is 11. The number of carbonyl (C=O) groups excluding carboxylic acids is 2. The Morgan fingerprint density at radius 2 is 1.26 bits per heavy atom. The van der Waals surface area contributed by atoms with Crippen molar-refractivity contribution in [3.05, 3.63) is 90.0 Å². The second-order valence-electron chi connectivity index (χ2n) is 9.43. The van der Waals surface area contributed by atoms with Crippen molar-refractivity contribution in [3.8, 4) is 11.5 Å². The number of benzene rings is 2. The number of nitrogens with zero attached hydrogens (tertiary/aromatic N) is 2. The maximum atomic E-state index is 12.8. The molecular formula is C30H31N3O10. The topological polar surface area (TPSA) is 205 Å². The number of hydrogen-bond donors (Lipinski definition) is 5. The van der Waals surface area contributed by atoms with Crippen molar-refractivity contribution in [1.82, 2.24) is 15.3 Å². The Balaban J connectivity index is 0.000000321. The lowest BCUT2D eigenvalue weighted by molar-refractivity contribution is -0.187. The van der Waals surface area contributed by atoms with E-state index in [9.17, 15) is 39.6 Å². The Morgan fingerprint density at radius 1 is 0.814 bits per heavy atom. The van der Waals surface area contributed by atoms with E-state index in [1.165, 1.54) is 44.9 Å². The van der Waals surface area contributed by atoms with Crippen LogP contribution in [0.2, 0.25) is 0 Å². The quantitative estimate of drug-likeness (QED) is 0.158. The third kappa shape index (κ3) is 7.09. The van der Waals surface area contributed by atoms with Crippen molar-refractivity contribution in [2.45, 2.75) is 17.6 Å². The van der Waals surface area contributed by atoms with Crippen LogP contribution in [0.5, 0.6) is 11.5 Å². The molecule has 13 heteroatoms. The van der Waals surface area contributed by atoms with Crippen molar-refractivity contribution in [2.24, 2.45) is 5.92 Å². The standard InChI is InChI=1S/C20H18O10.C10H13N3/c1-29-13-7-3-11(4-8-13)15(21)19(27,17(23)24)20(28,18(25)26)16(22)12-5-9-14(30-2)10-6-12;1(9-3-4-11-5-9)2-10-6-12-8-13-7-10/h3-10,27-28H,1-2H3,(H,23,24)(H,25,26);1-2,6-9,11H,3-5H2/b;2-1+/t19-,20-;9-/m10/s1. The Morgan fingerprint density at radius 3 is 1.60 bits per heavy atom. The van der Waals surface area contributed by atoms with Gasteiger partial charge < -0.3 is 35.2 Å². The van der Waals surface area contributed by atoms with Gasteiger partial charge in [0.2, 0.25) is 11.6 Å². The van der Waals surface area contributed by atoms with Gasteiger partial charge in [-0.15, -0.1) is 0 Å². The lowest BCUT2D eigenvalue weighted by atomic mass is 9.73. The number of carbonyl (C=O) groups is 4. The van der Waals surface area contributed by atoms with Gasteiger partial charge in [-0.2, -0.15) is 0 Å². The monoisotopic (exact) mass is 593 g/mol. The number of ketones is 2. The van der Waals surface area contributed by atoms with Crippen molar-refractivity contribution in [2.75, 3.05) is 27.3 Å². The summed E-state index contributed by atoms with van der Waals surface area (Å²) in [5, 5.41) is 43.8. The second kappa shape index (κ2) is 14.3. The fourth-order valence-electron chi connectivity index (χ4n) is 4.22. The maximum Gasteiger partial charge on any atom is 0.348 e. The summed E-state index contributed by atoms with van der Waals surface area (Å²) in [5.41, 5.74) is -7.94. The molecule has 0 spiro atoms.